The maximum absolute atomic E-state index is 10.3. The SMILES string of the molecule is C=CC(=O)OCCCO.NC(=O)O. The van der Waals surface area contributed by atoms with Gasteiger partial charge in [-0.15, -0.1) is 0 Å². The smallest absolute Gasteiger partial charge is 0.402 e. The summed E-state index contributed by atoms with van der Waals surface area (Å²) in [5.41, 5.74) is 4.03. The highest BCUT2D eigenvalue weighted by atomic mass is 16.5. The molecule has 0 fully saturated rings. The second kappa shape index (κ2) is 10.4. The van der Waals surface area contributed by atoms with Crippen molar-refractivity contribution in [2.75, 3.05) is 13.2 Å². The molecule has 1 amide bonds. The third kappa shape index (κ3) is 25.1. The van der Waals surface area contributed by atoms with Crippen molar-refractivity contribution < 1.29 is 24.5 Å². The fourth-order valence-electron chi connectivity index (χ4n) is 0.296. The molecule has 0 atom stereocenters. The highest BCUT2D eigenvalue weighted by Crippen LogP contribution is 1.82. The normalized spacial score (nSPS) is 7.77. The second-order valence-electron chi connectivity index (χ2n) is 1.79. The van der Waals surface area contributed by atoms with Crippen molar-refractivity contribution in [1.29, 1.82) is 0 Å². The van der Waals surface area contributed by atoms with E-state index in [-0.39, 0.29) is 13.2 Å². The first kappa shape index (κ1) is 14.0. The largest absolute Gasteiger partial charge is 0.465 e. The Labute approximate surface area is 75.6 Å². The Kier molecular flexibility index (Phi) is 11.2. The Morgan fingerprint density at radius 1 is 1.54 bits per heavy atom. The topological polar surface area (TPSA) is 110 Å². The van der Waals surface area contributed by atoms with Crippen molar-refractivity contribution in [3.8, 4) is 0 Å². The molecule has 0 bridgehead atoms. The van der Waals surface area contributed by atoms with Crippen LogP contribution >= 0.6 is 0 Å². The van der Waals surface area contributed by atoms with E-state index in [1.807, 2.05) is 0 Å². The molecular formula is C7H13NO5. The van der Waals surface area contributed by atoms with Crippen LogP contribution in [0.3, 0.4) is 0 Å². The van der Waals surface area contributed by atoms with Gasteiger partial charge in [0.2, 0.25) is 0 Å². The van der Waals surface area contributed by atoms with Crippen LogP contribution in [-0.2, 0) is 9.53 Å². The Morgan fingerprint density at radius 2 is 2.00 bits per heavy atom. The molecule has 0 aliphatic carbocycles. The minimum absolute atomic E-state index is 0.0461. The zero-order valence-electron chi connectivity index (χ0n) is 7.10. The molecule has 0 aromatic heterocycles. The highest BCUT2D eigenvalue weighted by Gasteiger charge is 1.91. The number of carbonyl (C=O) groups excluding carboxylic acids is 1. The zero-order chi connectivity index (χ0) is 10.7. The molecule has 0 aromatic carbocycles. The van der Waals surface area contributed by atoms with E-state index in [2.05, 4.69) is 17.0 Å². The molecule has 76 valence electrons. The van der Waals surface area contributed by atoms with Crippen molar-refractivity contribution in [2.45, 2.75) is 6.42 Å². The molecule has 0 aliphatic rings. The van der Waals surface area contributed by atoms with Crippen molar-refractivity contribution >= 4 is 12.1 Å². The lowest BCUT2D eigenvalue weighted by atomic mass is 10.5. The van der Waals surface area contributed by atoms with Crippen LogP contribution in [-0.4, -0.2) is 35.5 Å². The highest BCUT2D eigenvalue weighted by molar-refractivity contribution is 5.81. The number of primary amides is 1. The van der Waals surface area contributed by atoms with Gasteiger partial charge in [-0.2, -0.15) is 0 Å². The van der Waals surface area contributed by atoms with E-state index in [1.54, 1.807) is 0 Å². The van der Waals surface area contributed by atoms with Crippen LogP contribution in [0.1, 0.15) is 6.42 Å². The Hall–Kier alpha value is -1.56. The maximum atomic E-state index is 10.3. The van der Waals surface area contributed by atoms with Gasteiger partial charge in [0.05, 0.1) is 6.61 Å². The number of ether oxygens (including phenoxy) is 1. The van der Waals surface area contributed by atoms with E-state index in [0.717, 1.165) is 6.08 Å². The summed E-state index contributed by atoms with van der Waals surface area (Å²) in [6, 6.07) is 0. The molecule has 13 heavy (non-hydrogen) atoms. The van der Waals surface area contributed by atoms with Crippen molar-refractivity contribution in [1.82, 2.24) is 0 Å². The zero-order valence-corrected chi connectivity index (χ0v) is 7.10. The summed E-state index contributed by atoms with van der Waals surface area (Å²) in [4.78, 5) is 19.0. The molecule has 0 unspecified atom stereocenters. The Morgan fingerprint density at radius 3 is 2.31 bits per heavy atom. The first-order valence-electron chi connectivity index (χ1n) is 3.43. The fraction of sp³-hybridized carbons (Fsp3) is 0.429. The average molecular weight is 191 g/mol. The third-order valence-corrected chi connectivity index (χ3v) is 0.713. The number of carboxylic acid groups (broad SMARTS) is 1. The predicted octanol–water partition coefficient (Wildman–Crippen LogP) is -0.279. The number of rotatable bonds is 4. The lowest BCUT2D eigenvalue weighted by molar-refractivity contribution is -0.137. The molecule has 0 saturated carbocycles. The average Bonchev–Trinajstić information content (AvgIpc) is 2.03. The van der Waals surface area contributed by atoms with Gasteiger partial charge in [0.15, 0.2) is 0 Å². The fourth-order valence-corrected chi connectivity index (χ4v) is 0.296. The van der Waals surface area contributed by atoms with Gasteiger partial charge >= 0.3 is 12.1 Å². The summed E-state index contributed by atoms with van der Waals surface area (Å²) in [7, 11) is 0. The Balaban J connectivity index is 0. The summed E-state index contributed by atoms with van der Waals surface area (Å²) < 4.78 is 4.51. The van der Waals surface area contributed by atoms with Gasteiger partial charge in [0.1, 0.15) is 0 Å². The Bertz CT molecular complexity index is 164. The van der Waals surface area contributed by atoms with Gasteiger partial charge in [0.25, 0.3) is 0 Å². The standard InChI is InChI=1S/C6H10O3.CH3NO2/c1-2-6(8)9-5-3-4-7;2-1(3)4/h2,7H,1,3-5H2;2H2,(H,3,4). The quantitative estimate of drug-likeness (QED) is 0.321. The number of aliphatic hydroxyl groups excluding tert-OH is 1. The van der Waals surface area contributed by atoms with E-state index in [9.17, 15) is 4.79 Å². The number of carbonyl (C=O) groups is 2. The first-order valence-corrected chi connectivity index (χ1v) is 3.43. The predicted molar refractivity (Wildman–Crippen MR) is 45.1 cm³/mol. The van der Waals surface area contributed by atoms with Crippen LogP contribution in [0.5, 0.6) is 0 Å². The number of hydrogen-bond donors (Lipinski definition) is 3. The molecule has 4 N–H and O–H groups in total. The molecule has 0 saturated heterocycles. The van der Waals surface area contributed by atoms with Gasteiger partial charge in [-0.3, -0.25) is 0 Å². The van der Waals surface area contributed by atoms with Crippen LogP contribution in [0.4, 0.5) is 4.79 Å². The summed E-state index contributed by atoms with van der Waals surface area (Å²) in [6.45, 7) is 3.51. The lowest BCUT2D eigenvalue weighted by Crippen LogP contribution is -2.03. The van der Waals surface area contributed by atoms with E-state index in [1.165, 1.54) is 0 Å². The van der Waals surface area contributed by atoms with E-state index in [0.29, 0.717) is 6.42 Å². The van der Waals surface area contributed by atoms with Crippen molar-refractivity contribution in [3.63, 3.8) is 0 Å². The van der Waals surface area contributed by atoms with Crippen LogP contribution < -0.4 is 5.73 Å². The molecule has 0 rings (SSSR count). The van der Waals surface area contributed by atoms with Gasteiger partial charge in [-0.1, -0.05) is 6.58 Å². The summed E-state index contributed by atoms with van der Waals surface area (Å²) in [6.07, 6.45) is 0.247. The van der Waals surface area contributed by atoms with E-state index in [4.69, 9.17) is 15.0 Å². The van der Waals surface area contributed by atoms with Crippen molar-refractivity contribution in [2.24, 2.45) is 5.73 Å². The van der Waals surface area contributed by atoms with Gasteiger partial charge < -0.3 is 20.7 Å². The summed E-state index contributed by atoms with van der Waals surface area (Å²) >= 11 is 0. The third-order valence-electron chi connectivity index (χ3n) is 0.713. The van der Waals surface area contributed by atoms with Crippen LogP contribution in [0.25, 0.3) is 0 Å². The maximum Gasteiger partial charge on any atom is 0.402 e. The van der Waals surface area contributed by atoms with Crippen molar-refractivity contribution in [3.05, 3.63) is 12.7 Å². The van der Waals surface area contributed by atoms with E-state index >= 15 is 0 Å². The molecule has 6 heteroatoms. The van der Waals surface area contributed by atoms with Crippen LogP contribution in [0.2, 0.25) is 0 Å². The molecule has 0 aliphatic heterocycles. The lowest BCUT2D eigenvalue weighted by Gasteiger charge is -1.96. The summed E-state index contributed by atoms with van der Waals surface area (Å²) in [5, 5.41) is 15.4. The number of hydrogen-bond acceptors (Lipinski definition) is 4. The van der Waals surface area contributed by atoms with Crippen LogP contribution in [0, 0.1) is 0 Å². The molecule has 0 spiro atoms. The molecular weight excluding hydrogens is 178 g/mol. The number of esters is 1. The van der Waals surface area contributed by atoms with E-state index < -0.39 is 12.1 Å². The van der Waals surface area contributed by atoms with Gasteiger partial charge in [0, 0.05) is 19.1 Å². The van der Waals surface area contributed by atoms with Gasteiger partial charge in [-0.05, 0) is 0 Å². The molecule has 0 radical (unpaired) electrons. The van der Waals surface area contributed by atoms with Gasteiger partial charge in [-0.25, -0.2) is 9.59 Å². The first-order chi connectivity index (χ1) is 6.04. The molecule has 0 aromatic rings. The minimum atomic E-state index is -1.33. The number of aliphatic hydroxyl groups is 1. The van der Waals surface area contributed by atoms with Crippen LogP contribution in [0.15, 0.2) is 12.7 Å². The monoisotopic (exact) mass is 191 g/mol. The molecule has 0 heterocycles. The minimum Gasteiger partial charge on any atom is -0.465 e. The number of nitrogens with two attached hydrogens (primary N) is 1. The summed E-state index contributed by atoms with van der Waals surface area (Å²) in [5.74, 6) is -0.441. The second-order valence-corrected chi connectivity index (χ2v) is 1.79. The number of amides is 1. The molecule has 6 nitrogen and oxygen atoms in total.